The topological polar surface area (TPSA) is 40.0 Å². The van der Waals surface area contributed by atoms with E-state index in [0.717, 1.165) is 11.3 Å². The molecule has 3 aromatic carbocycles. The summed E-state index contributed by atoms with van der Waals surface area (Å²) in [6.45, 7) is 1.11. The van der Waals surface area contributed by atoms with Crippen LogP contribution in [0.15, 0.2) is 71.7 Å². The zero-order valence-corrected chi connectivity index (χ0v) is 17.3. The average molecular weight is 444 g/mol. The third-order valence-corrected chi connectivity index (χ3v) is 5.00. The number of aliphatic imine (C=N–C) groups is 1. The minimum atomic E-state index is -0.686. The third-order valence-electron chi connectivity index (χ3n) is 4.75. The summed E-state index contributed by atoms with van der Waals surface area (Å²) in [5.74, 6) is 0.0561. The van der Waals surface area contributed by atoms with E-state index in [2.05, 4.69) is 4.99 Å². The summed E-state index contributed by atoms with van der Waals surface area (Å²) in [5.41, 5.74) is 0.804. The fraction of sp³-hybridized carbons (Fsp3) is 0.208. The quantitative estimate of drug-likeness (QED) is 0.441. The molecule has 0 bridgehead atoms. The fourth-order valence-corrected chi connectivity index (χ4v) is 3.22. The maximum Gasteiger partial charge on any atom is 0.222 e. The van der Waals surface area contributed by atoms with Crippen LogP contribution < -0.4 is 9.47 Å². The molecule has 1 atom stereocenters. The molecule has 0 saturated carbocycles. The van der Waals surface area contributed by atoms with Crippen LogP contribution >= 0.6 is 11.6 Å². The molecule has 0 saturated heterocycles. The highest BCUT2D eigenvalue weighted by Gasteiger charge is 2.25. The molecule has 0 fully saturated rings. The molecule has 0 N–H and O–H groups in total. The highest BCUT2D eigenvalue weighted by molar-refractivity contribution is 6.30. The lowest BCUT2D eigenvalue weighted by atomic mass is 10.2. The van der Waals surface area contributed by atoms with Gasteiger partial charge >= 0.3 is 0 Å². The standard InChI is InChI=1S/C24H20ClF2NO3/c25-17-6-4-16(5-7-17)14-30-20-10-8-19(9-11-20)29-13-12-18-15-31-24(28-18)23-21(26)2-1-3-22(23)27/h1-11,18H,12-15H2. The highest BCUT2D eigenvalue weighted by Crippen LogP contribution is 2.22. The van der Waals surface area contributed by atoms with Gasteiger partial charge in [0, 0.05) is 11.4 Å². The van der Waals surface area contributed by atoms with Crippen LogP contribution in [-0.4, -0.2) is 25.2 Å². The molecule has 0 aliphatic carbocycles. The van der Waals surface area contributed by atoms with Crippen molar-refractivity contribution >= 4 is 17.5 Å². The van der Waals surface area contributed by atoms with E-state index in [0.29, 0.717) is 30.4 Å². The molecule has 0 aromatic heterocycles. The van der Waals surface area contributed by atoms with Crippen LogP contribution in [0.1, 0.15) is 17.5 Å². The van der Waals surface area contributed by atoms with Crippen LogP contribution in [0.5, 0.6) is 11.5 Å². The van der Waals surface area contributed by atoms with E-state index < -0.39 is 11.6 Å². The maximum absolute atomic E-state index is 13.9. The molecule has 0 spiro atoms. The van der Waals surface area contributed by atoms with Crippen molar-refractivity contribution < 1.29 is 23.0 Å². The van der Waals surface area contributed by atoms with Crippen LogP contribution in [0.2, 0.25) is 5.02 Å². The SMILES string of the molecule is Fc1cccc(F)c1C1=NC(CCOc2ccc(OCc3ccc(Cl)cc3)cc2)CO1. The second kappa shape index (κ2) is 9.79. The number of rotatable bonds is 8. The number of ether oxygens (including phenoxy) is 3. The predicted molar refractivity (Wildman–Crippen MR) is 115 cm³/mol. The number of benzene rings is 3. The van der Waals surface area contributed by atoms with E-state index in [4.69, 9.17) is 25.8 Å². The fourth-order valence-electron chi connectivity index (χ4n) is 3.09. The Balaban J connectivity index is 1.24. The van der Waals surface area contributed by atoms with Gasteiger partial charge in [-0.2, -0.15) is 0 Å². The zero-order valence-electron chi connectivity index (χ0n) is 16.6. The van der Waals surface area contributed by atoms with Gasteiger partial charge in [0.15, 0.2) is 0 Å². The Kier molecular flexibility index (Phi) is 6.67. The summed E-state index contributed by atoms with van der Waals surface area (Å²) < 4.78 is 44.6. The van der Waals surface area contributed by atoms with Gasteiger partial charge in [0.05, 0.1) is 12.6 Å². The largest absolute Gasteiger partial charge is 0.494 e. The monoisotopic (exact) mass is 443 g/mol. The Morgan fingerprint density at radius 2 is 1.55 bits per heavy atom. The molecule has 3 aromatic rings. The molecule has 4 nitrogen and oxygen atoms in total. The summed E-state index contributed by atoms with van der Waals surface area (Å²) in [4.78, 5) is 4.29. The first-order valence-electron chi connectivity index (χ1n) is 9.83. The second-order valence-corrected chi connectivity index (χ2v) is 7.46. The summed E-state index contributed by atoms with van der Waals surface area (Å²) in [6, 6.07) is 18.3. The van der Waals surface area contributed by atoms with Gasteiger partial charge in [-0.15, -0.1) is 0 Å². The van der Waals surface area contributed by atoms with E-state index in [-0.39, 0.29) is 24.1 Å². The van der Waals surface area contributed by atoms with Crippen molar-refractivity contribution in [2.45, 2.75) is 19.1 Å². The number of hydrogen-bond donors (Lipinski definition) is 0. The Morgan fingerprint density at radius 3 is 2.23 bits per heavy atom. The van der Waals surface area contributed by atoms with E-state index in [1.54, 1.807) is 0 Å². The molecular weight excluding hydrogens is 424 g/mol. The molecule has 31 heavy (non-hydrogen) atoms. The van der Waals surface area contributed by atoms with Crippen LogP contribution in [0.4, 0.5) is 8.78 Å². The van der Waals surface area contributed by atoms with Gasteiger partial charge in [0.1, 0.15) is 41.9 Å². The second-order valence-electron chi connectivity index (χ2n) is 7.02. The third kappa shape index (κ3) is 5.52. The zero-order chi connectivity index (χ0) is 21.6. The summed E-state index contributed by atoms with van der Waals surface area (Å²) in [6.07, 6.45) is 0.564. The lowest BCUT2D eigenvalue weighted by Crippen LogP contribution is -2.11. The van der Waals surface area contributed by atoms with Crippen molar-refractivity contribution in [2.24, 2.45) is 4.99 Å². The van der Waals surface area contributed by atoms with Gasteiger partial charge in [-0.25, -0.2) is 13.8 Å². The van der Waals surface area contributed by atoms with Crippen molar-refractivity contribution in [3.8, 4) is 11.5 Å². The lowest BCUT2D eigenvalue weighted by Gasteiger charge is -2.10. The van der Waals surface area contributed by atoms with Crippen molar-refractivity contribution in [2.75, 3.05) is 13.2 Å². The Labute approximate surface area is 184 Å². The van der Waals surface area contributed by atoms with Gasteiger partial charge in [-0.3, -0.25) is 0 Å². The first kappa shape index (κ1) is 21.1. The number of halogens is 3. The molecule has 4 rings (SSSR count). The van der Waals surface area contributed by atoms with Gasteiger partial charge in [0.2, 0.25) is 5.90 Å². The summed E-state index contributed by atoms with van der Waals surface area (Å²) in [7, 11) is 0. The van der Waals surface area contributed by atoms with E-state index in [9.17, 15) is 8.78 Å². The Hall–Kier alpha value is -3.12. The van der Waals surface area contributed by atoms with Gasteiger partial charge < -0.3 is 14.2 Å². The van der Waals surface area contributed by atoms with E-state index in [1.807, 2.05) is 48.5 Å². The van der Waals surface area contributed by atoms with Crippen molar-refractivity contribution in [1.82, 2.24) is 0 Å². The van der Waals surface area contributed by atoms with Crippen molar-refractivity contribution in [3.63, 3.8) is 0 Å². The molecule has 1 heterocycles. The minimum Gasteiger partial charge on any atom is -0.494 e. The molecular formula is C24H20ClF2NO3. The molecule has 0 radical (unpaired) electrons. The molecule has 160 valence electrons. The summed E-state index contributed by atoms with van der Waals surface area (Å²) in [5, 5.41) is 0.690. The molecule has 1 aliphatic rings. The van der Waals surface area contributed by atoms with Crippen molar-refractivity contribution in [1.29, 1.82) is 0 Å². The smallest absolute Gasteiger partial charge is 0.222 e. The van der Waals surface area contributed by atoms with Gasteiger partial charge in [-0.05, 0) is 54.1 Å². The molecule has 0 amide bonds. The van der Waals surface area contributed by atoms with Gasteiger partial charge in [-0.1, -0.05) is 29.8 Å². The summed E-state index contributed by atoms with van der Waals surface area (Å²) >= 11 is 5.88. The van der Waals surface area contributed by atoms with Crippen LogP contribution in [0.25, 0.3) is 0 Å². The van der Waals surface area contributed by atoms with Gasteiger partial charge in [0.25, 0.3) is 0 Å². The average Bonchev–Trinajstić information content (AvgIpc) is 3.22. The minimum absolute atomic E-state index is 0.00258. The molecule has 1 aliphatic heterocycles. The van der Waals surface area contributed by atoms with E-state index >= 15 is 0 Å². The lowest BCUT2D eigenvalue weighted by molar-refractivity contribution is 0.264. The highest BCUT2D eigenvalue weighted by atomic mass is 35.5. The molecule has 1 unspecified atom stereocenters. The first-order chi connectivity index (χ1) is 15.1. The van der Waals surface area contributed by atoms with E-state index in [1.165, 1.54) is 18.2 Å². The Bertz CT molecular complexity index is 1040. The van der Waals surface area contributed by atoms with Crippen LogP contribution in [-0.2, 0) is 11.3 Å². The molecule has 7 heteroatoms. The Morgan fingerprint density at radius 1 is 0.903 bits per heavy atom. The number of nitrogens with zero attached hydrogens (tertiary/aromatic N) is 1. The first-order valence-corrected chi connectivity index (χ1v) is 10.2. The van der Waals surface area contributed by atoms with Crippen molar-refractivity contribution in [3.05, 3.63) is 94.5 Å². The predicted octanol–water partition coefficient (Wildman–Crippen LogP) is 5.81. The van der Waals surface area contributed by atoms with Crippen LogP contribution in [0.3, 0.4) is 0 Å². The number of hydrogen-bond acceptors (Lipinski definition) is 4. The normalized spacial score (nSPS) is 15.3. The maximum atomic E-state index is 13.9. The van der Waals surface area contributed by atoms with Crippen LogP contribution in [0, 0.1) is 11.6 Å².